The second-order valence-corrected chi connectivity index (χ2v) is 7.83. The fourth-order valence-corrected chi connectivity index (χ4v) is 3.83. The van der Waals surface area contributed by atoms with E-state index >= 15 is 0 Å². The molecule has 0 saturated carbocycles. The number of carbonyl (C=O) groups excluding carboxylic acids is 1. The summed E-state index contributed by atoms with van der Waals surface area (Å²) in [6.45, 7) is 4.78. The van der Waals surface area contributed by atoms with Crippen LogP contribution in [0.5, 0.6) is 0 Å². The lowest BCUT2D eigenvalue weighted by atomic mass is 9.97. The predicted octanol–water partition coefficient (Wildman–Crippen LogP) is 3.66. The van der Waals surface area contributed by atoms with Gasteiger partial charge < -0.3 is 14.2 Å². The molecule has 1 amide bonds. The first-order chi connectivity index (χ1) is 13.8. The Balaban J connectivity index is 1.99. The zero-order valence-corrected chi connectivity index (χ0v) is 17.0. The second-order valence-electron chi connectivity index (χ2n) is 7.83. The van der Waals surface area contributed by atoms with Crippen molar-refractivity contribution >= 4 is 16.9 Å². The molecule has 0 bridgehead atoms. The van der Waals surface area contributed by atoms with E-state index in [-0.39, 0.29) is 22.7 Å². The average molecular weight is 394 g/mol. The molecule has 0 fully saturated rings. The maximum atomic E-state index is 14.7. The lowest BCUT2D eigenvalue weighted by Crippen LogP contribution is -2.35. The van der Waals surface area contributed by atoms with Crippen molar-refractivity contribution in [3.8, 4) is 0 Å². The minimum atomic E-state index is -0.805. The maximum Gasteiger partial charge on any atom is 0.290 e. The molecule has 0 radical (unpaired) electrons. The number of amides is 1. The monoisotopic (exact) mass is 394 g/mol. The molecular weight excluding hydrogens is 371 g/mol. The highest BCUT2D eigenvalue weighted by Gasteiger charge is 2.43. The van der Waals surface area contributed by atoms with E-state index in [9.17, 15) is 14.0 Å². The minimum absolute atomic E-state index is 0.0118. The van der Waals surface area contributed by atoms with Crippen LogP contribution in [0.1, 0.15) is 38.9 Å². The van der Waals surface area contributed by atoms with Gasteiger partial charge in [0.05, 0.1) is 17.0 Å². The molecule has 3 aromatic rings. The Labute approximate surface area is 168 Å². The Bertz CT molecular complexity index is 1180. The molecule has 5 nitrogen and oxygen atoms in total. The number of fused-ring (bicyclic) bond motifs is 2. The first kappa shape index (κ1) is 19.3. The number of halogens is 1. The van der Waals surface area contributed by atoms with Crippen LogP contribution in [-0.2, 0) is 0 Å². The van der Waals surface area contributed by atoms with Crippen LogP contribution < -0.4 is 5.43 Å². The van der Waals surface area contributed by atoms with Gasteiger partial charge in [-0.25, -0.2) is 4.39 Å². The lowest BCUT2D eigenvalue weighted by molar-refractivity contribution is 0.0714. The number of benzene rings is 2. The summed E-state index contributed by atoms with van der Waals surface area (Å²) in [5.74, 6) is -0.822. The zero-order chi connectivity index (χ0) is 20.9. The number of nitrogens with zero attached hydrogens (tertiary/aromatic N) is 2. The number of likely N-dealkylation sites (N-methyl/N-ethyl adjacent to an activating group) is 1. The Hall–Kier alpha value is -2.99. The molecule has 2 heterocycles. The largest absolute Gasteiger partial charge is 0.450 e. The van der Waals surface area contributed by atoms with Gasteiger partial charge in [0.2, 0.25) is 5.76 Å². The summed E-state index contributed by atoms with van der Waals surface area (Å²) in [5, 5.41) is 0.412. The van der Waals surface area contributed by atoms with Crippen molar-refractivity contribution in [2.24, 2.45) is 0 Å². The van der Waals surface area contributed by atoms with Crippen LogP contribution in [0, 0.1) is 19.7 Å². The molecule has 4 rings (SSSR count). The van der Waals surface area contributed by atoms with Crippen LogP contribution in [0.4, 0.5) is 4.39 Å². The van der Waals surface area contributed by atoms with Crippen LogP contribution in [0.25, 0.3) is 11.0 Å². The maximum absolute atomic E-state index is 14.7. The van der Waals surface area contributed by atoms with Crippen molar-refractivity contribution in [3.05, 3.63) is 80.5 Å². The smallest absolute Gasteiger partial charge is 0.290 e. The third kappa shape index (κ3) is 3.13. The first-order valence-corrected chi connectivity index (χ1v) is 9.57. The Morgan fingerprint density at radius 1 is 1.10 bits per heavy atom. The van der Waals surface area contributed by atoms with Crippen molar-refractivity contribution in [1.29, 1.82) is 0 Å². The summed E-state index contributed by atoms with van der Waals surface area (Å²) in [6, 6.07) is 9.02. The van der Waals surface area contributed by atoms with Gasteiger partial charge in [0.15, 0.2) is 5.43 Å². The van der Waals surface area contributed by atoms with E-state index in [2.05, 4.69) is 0 Å². The quantitative estimate of drug-likeness (QED) is 0.678. The predicted molar refractivity (Wildman–Crippen MR) is 110 cm³/mol. The molecular formula is C23H23FN2O3. The number of hydrogen-bond donors (Lipinski definition) is 0. The van der Waals surface area contributed by atoms with Crippen LogP contribution in [-0.4, -0.2) is 42.9 Å². The van der Waals surface area contributed by atoms with Crippen molar-refractivity contribution in [2.75, 3.05) is 27.2 Å². The topological polar surface area (TPSA) is 53.8 Å². The van der Waals surface area contributed by atoms with Gasteiger partial charge in [0, 0.05) is 18.7 Å². The summed E-state index contributed by atoms with van der Waals surface area (Å²) in [5.41, 5.74) is 2.55. The summed E-state index contributed by atoms with van der Waals surface area (Å²) < 4.78 is 20.7. The standard InChI is InChI=1S/C23H23FN2O3/c1-13-11-16-18(12-14(13)2)29-22-19(21(16)27)20(15-7-5-6-8-17(15)24)26(23(22)28)10-9-25(3)4/h5-8,11-12,20H,9-10H2,1-4H3/t20-/m1/s1. The number of aryl methyl sites for hydroxylation is 2. The first-order valence-electron chi connectivity index (χ1n) is 9.57. The van der Waals surface area contributed by atoms with E-state index in [4.69, 9.17) is 4.42 Å². The van der Waals surface area contributed by atoms with E-state index in [1.54, 1.807) is 30.3 Å². The minimum Gasteiger partial charge on any atom is -0.450 e. The van der Waals surface area contributed by atoms with Crippen LogP contribution in [0.3, 0.4) is 0 Å². The van der Waals surface area contributed by atoms with Crippen LogP contribution in [0.15, 0.2) is 45.6 Å². The average Bonchev–Trinajstić information content (AvgIpc) is 2.94. The summed E-state index contributed by atoms with van der Waals surface area (Å²) in [4.78, 5) is 30.1. The van der Waals surface area contributed by atoms with Gasteiger partial charge in [-0.2, -0.15) is 0 Å². The molecule has 1 aliphatic rings. The third-order valence-corrected chi connectivity index (χ3v) is 5.57. The van der Waals surface area contributed by atoms with E-state index in [0.717, 1.165) is 11.1 Å². The summed E-state index contributed by atoms with van der Waals surface area (Å²) in [7, 11) is 3.80. The highest BCUT2D eigenvalue weighted by molar-refractivity contribution is 5.99. The molecule has 2 aromatic carbocycles. The van der Waals surface area contributed by atoms with E-state index in [0.29, 0.717) is 29.6 Å². The Morgan fingerprint density at radius 2 is 1.79 bits per heavy atom. The number of carbonyl (C=O) groups is 1. The van der Waals surface area contributed by atoms with Gasteiger partial charge in [-0.15, -0.1) is 0 Å². The van der Waals surface area contributed by atoms with Crippen molar-refractivity contribution < 1.29 is 13.6 Å². The Kier molecular flexibility index (Phi) is 4.74. The van der Waals surface area contributed by atoms with Crippen molar-refractivity contribution in [1.82, 2.24) is 9.80 Å². The zero-order valence-electron chi connectivity index (χ0n) is 17.0. The summed E-state index contributed by atoms with van der Waals surface area (Å²) in [6.07, 6.45) is 0. The van der Waals surface area contributed by atoms with E-state index in [1.165, 1.54) is 11.0 Å². The molecule has 6 heteroatoms. The molecule has 1 aromatic heterocycles. The SMILES string of the molecule is Cc1cc2oc3c(c(=O)c2cc1C)[C@@H](c1ccccc1F)N(CCN(C)C)C3=O. The van der Waals surface area contributed by atoms with Gasteiger partial charge in [-0.3, -0.25) is 9.59 Å². The molecule has 1 aliphatic heterocycles. The van der Waals surface area contributed by atoms with Crippen molar-refractivity contribution in [3.63, 3.8) is 0 Å². The van der Waals surface area contributed by atoms with Crippen LogP contribution in [0.2, 0.25) is 0 Å². The molecule has 0 aliphatic carbocycles. The molecule has 0 unspecified atom stereocenters. The normalized spacial score (nSPS) is 16.1. The van der Waals surface area contributed by atoms with Gasteiger partial charge >= 0.3 is 0 Å². The molecule has 29 heavy (non-hydrogen) atoms. The fraction of sp³-hybridized carbons (Fsp3) is 0.304. The lowest BCUT2D eigenvalue weighted by Gasteiger charge is -2.26. The number of hydrogen-bond acceptors (Lipinski definition) is 4. The molecule has 0 spiro atoms. The molecule has 0 N–H and O–H groups in total. The Morgan fingerprint density at radius 3 is 2.48 bits per heavy atom. The second kappa shape index (κ2) is 7.12. The summed E-state index contributed by atoms with van der Waals surface area (Å²) >= 11 is 0. The number of rotatable bonds is 4. The molecule has 1 atom stereocenters. The molecule has 150 valence electrons. The van der Waals surface area contributed by atoms with Gasteiger partial charge in [-0.05, 0) is 57.3 Å². The van der Waals surface area contributed by atoms with Gasteiger partial charge in [-0.1, -0.05) is 18.2 Å². The fourth-order valence-electron chi connectivity index (χ4n) is 3.83. The third-order valence-electron chi connectivity index (χ3n) is 5.57. The van der Waals surface area contributed by atoms with Gasteiger partial charge in [0.1, 0.15) is 11.4 Å². The van der Waals surface area contributed by atoms with Crippen LogP contribution >= 0.6 is 0 Å². The molecule has 0 saturated heterocycles. The highest BCUT2D eigenvalue weighted by atomic mass is 19.1. The van der Waals surface area contributed by atoms with E-state index < -0.39 is 11.9 Å². The highest BCUT2D eigenvalue weighted by Crippen LogP contribution is 2.39. The van der Waals surface area contributed by atoms with Gasteiger partial charge in [0.25, 0.3) is 5.91 Å². The van der Waals surface area contributed by atoms with Crippen molar-refractivity contribution in [2.45, 2.75) is 19.9 Å². The van der Waals surface area contributed by atoms with E-state index in [1.807, 2.05) is 32.8 Å².